The third kappa shape index (κ3) is 2.66. The van der Waals surface area contributed by atoms with E-state index in [9.17, 15) is 0 Å². The summed E-state index contributed by atoms with van der Waals surface area (Å²) in [5, 5.41) is 14.1. The van der Waals surface area contributed by atoms with Crippen LogP contribution in [0.1, 0.15) is 26.2 Å². The normalized spacial score (nSPS) is 22.8. The Morgan fingerprint density at radius 1 is 1.21 bits per heavy atom. The van der Waals surface area contributed by atoms with Gasteiger partial charge >= 0.3 is 0 Å². The zero-order valence-electron chi connectivity index (χ0n) is 11.1. The van der Waals surface area contributed by atoms with Crippen LogP contribution >= 0.6 is 11.6 Å². The third-order valence-electron chi connectivity index (χ3n) is 4.00. The van der Waals surface area contributed by atoms with Crippen LogP contribution in [0.5, 0.6) is 0 Å². The van der Waals surface area contributed by atoms with Crippen LogP contribution in [0, 0.1) is 11.8 Å². The minimum Gasteiger partial charge on any atom is -0.368 e. The molecule has 0 saturated heterocycles. The number of aromatic nitrogens is 2. The van der Waals surface area contributed by atoms with Gasteiger partial charge in [0, 0.05) is 17.3 Å². The highest BCUT2D eigenvalue weighted by atomic mass is 35.5. The predicted octanol–water partition coefficient (Wildman–Crippen LogP) is 4.13. The number of fused-ring (bicyclic) bond motifs is 1. The lowest BCUT2D eigenvalue weighted by molar-refractivity contribution is 0.536. The van der Waals surface area contributed by atoms with E-state index in [1.165, 1.54) is 19.3 Å². The van der Waals surface area contributed by atoms with Crippen LogP contribution < -0.4 is 5.32 Å². The van der Waals surface area contributed by atoms with Crippen molar-refractivity contribution in [1.29, 1.82) is 0 Å². The van der Waals surface area contributed by atoms with Crippen LogP contribution in [0.25, 0.3) is 10.8 Å². The second-order valence-electron chi connectivity index (χ2n) is 5.55. The molecule has 1 heterocycles. The molecule has 3 rings (SSSR count). The van der Waals surface area contributed by atoms with Crippen LogP contribution in [0.2, 0.25) is 5.15 Å². The minimum atomic E-state index is 0.468. The molecule has 1 aliphatic rings. The highest BCUT2D eigenvalue weighted by molar-refractivity contribution is 6.34. The average Bonchev–Trinajstić information content (AvgIpc) is 2.84. The molecule has 3 nitrogen and oxygen atoms in total. The molecular weight excluding hydrogens is 258 g/mol. The van der Waals surface area contributed by atoms with Crippen molar-refractivity contribution in [2.24, 2.45) is 11.8 Å². The summed E-state index contributed by atoms with van der Waals surface area (Å²) in [6.07, 6.45) is 3.97. The van der Waals surface area contributed by atoms with E-state index in [4.69, 9.17) is 11.6 Å². The van der Waals surface area contributed by atoms with E-state index in [0.717, 1.165) is 35.0 Å². The monoisotopic (exact) mass is 275 g/mol. The molecule has 19 heavy (non-hydrogen) atoms. The van der Waals surface area contributed by atoms with Crippen molar-refractivity contribution in [3.05, 3.63) is 29.4 Å². The standard InChI is InChI=1S/C15H18ClN3/c1-10-6-7-11(8-10)9-17-15-13-5-3-2-4-12(13)14(16)18-19-15/h2-5,10-11H,6-9H2,1H3,(H,17,19). The molecule has 1 aromatic heterocycles. The largest absolute Gasteiger partial charge is 0.368 e. The van der Waals surface area contributed by atoms with Crippen molar-refractivity contribution in [2.75, 3.05) is 11.9 Å². The van der Waals surface area contributed by atoms with Gasteiger partial charge in [0.05, 0.1) is 0 Å². The molecule has 0 spiro atoms. The Labute approximate surface area is 118 Å². The first-order chi connectivity index (χ1) is 9.24. The Morgan fingerprint density at radius 2 is 2.00 bits per heavy atom. The Bertz CT molecular complexity index is 585. The van der Waals surface area contributed by atoms with E-state index in [1.54, 1.807) is 0 Å². The van der Waals surface area contributed by atoms with E-state index < -0.39 is 0 Å². The van der Waals surface area contributed by atoms with Crippen molar-refractivity contribution in [1.82, 2.24) is 10.2 Å². The van der Waals surface area contributed by atoms with Crippen LogP contribution in [0.3, 0.4) is 0 Å². The summed E-state index contributed by atoms with van der Waals surface area (Å²) in [5.41, 5.74) is 0. The molecule has 2 atom stereocenters. The summed E-state index contributed by atoms with van der Waals surface area (Å²) in [7, 11) is 0. The first-order valence-electron chi connectivity index (χ1n) is 6.89. The fourth-order valence-corrected chi connectivity index (χ4v) is 3.16. The number of anilines is 1. The van der Waals surface area contributed by atoms with E-state index in [1.807, 2.05) is 24.3 Å². The van der Waals surface area contributed by atoms with Crippen LogP contribution in [0.4, 0.5) is 5.82 Å². The number of rotatable bonds is 3. The number of nitrogens with zero attached hydrogens (tertiary/aromatic N) is 2. The van der Waals surface area contributed by atoms with Crippen molar-refractivity contribution in [3.8, 4) is 0 Å². The average molecular weight is 276 g/mol. The summed E-state index contributed by atoms with van der Waals surface area (Å²) in [5.74, 6) is 2.46. The van der Waals surface area contributed by atoms with Gasteiger partial charge in [-0.3, -0.25) is 0 Å². The molecule has 1 fully saturated rings. The van der Waals surface area contributed by atoms with E-state index >= 15 is 0 Å². The van der Waals surface area contributed by atoms with Crippen molar-refractivity contribution >= 4 is 28.2 Å². The van der Waals surface area contributed by atoms with E-state index in [0.29, 0.717) is 5.15 Å². The first-order valence-corrected chi connectivity index (χ1v) is 7.26. The zero-order valence-corrected chi connectivity index (χ0v) is 11.8. The van der Waals surface area contributed by atoms with Crippen LogP contribution in [-0.4, -0.2) is 16.7 Å². The van der Waals surface area contributed by atoms with Crippen molar-refractivity contribution in [2.45, 2.75) is 26.2 Å². The second-order valence-corrected chi connectivity index (χ2v) is 5.91. The molecule has 0 aliphatic heterocycles. The maximum absolute atomic E-state index is 6.07. The number of halogens is 1. The van der Waals surface area contributed by atoms with Crippen molar-refractivity contribution in [3.63, 3.8) is 0 Å². The van der Waals surface area contributed by atoms with Gasteiger partial charge in [0.1, 0.15) is 0 Å². The molecule has 0 amide bonds. The van der Waals surface area contributed by atoms with Crippen LogP contribution in [0.15, 0.2) is 24.3 Å². The molecule has 0 bridgehead atoms. The van der Waals surface area contributed by atoms with Gasteiger partial charge in [-0.25, -0.2) is 0 Å². The first kappa shape index (κ1) is 12.7. The number of benzene rings is 1. The lowest BCUT2D eigenvalue weighted by Gasteiger charge is -2.13. The van der Waals surface area contributed by atoms with Gasteiger partial charge in [0.25, 0.3) is 0 Å². The molecule has 1 saturated carbocycles. The summed E-state index contributed by atoms with van der Waals surface area (Å²) in [6.45, 7) is 3.31. The molecule has 1 aromatic carbocycles. The Hall–Kier alpha value is -1.35. The second kappa shape index (κ2) is 5.33. The predicted molar refractivity (Wildman–Crippen MR) is 79.5 cm³/mol. The maximum atomic E-state index is 6.07. The molecule has 2 unspecified atom stereocenters. The van der Waals surface area contributed by atoms with Gasteiger partial charge < -0.3 is 5.32 Å². The number of nitrogens with one attached hydrogen (secondary N) is 1. The summed E-state index contributed by atoms with van der Waals surface area (Å²) in [4.78, 5) is 0. The molecule has 0 radical (unpaired) electrons. The van der Waals surface area contributed by atoms with Gasteiger partial charge in [-0.05, 0) is 24.7 Å². The van der Waals surface area contributed by atoms with Gasteiger partial charge in [-0.1, -0.05) is 49.2 Å². The highest BCUT2D eigenvalue weighted by Crippen LogP contribution is 2.31. The number of hydrogen-bond donors (Lipinski definition) is 1. The lowest BCUT2D eigenvalue weighted by Crippen LogP contribution is -2.13. The Morgan fingerprint density at radius 3 is 2.74 bits per heavy atom. The topological polar surface area (TPSA) is 37.8 Å². The maximum Gasteiger partial charge on any atom is 0.159 e. The SMILES string of the molecule is CC1CCC(CNc2nnc(Cl)c3ccccc23)C1. The fourth-order valence-electron chi connectivity index (χ4n) is 2.95. The molecule has 100 valence electrons. The minimum absolute atomic E-state index is 0.468. The molecule has 4 heteroatoms. The summed E-state index contributed by atoms with van der Waals surface area (Å²) >= 11 is 6.07. The lowest BCUT2D eigenvalue weighted by atomic mass is 10.1. The van der Waals surface area contributed by atoms with Crippen molar-refractivity contribution < 1.29 is 0 Å². The molecular formula is C15H18ClN3. The van der Waals surface area contributed by atoms with Gasteiger partial charge in [0.15, 0.2) is 11.0 Å². The summed E-state index contributed by atoms with van der Waals surface area (Å²) in [6, 6.07) is 7.99. The van der Waals surface area contributed by atoms with Gasteiger partial charge in [-0.15, -0.1) is 10.2 Å². The van der Waals surface area contributed by atoms with E-state index in [2.05, 4.69) is 22.4 Å². The quantitative estimate of drug-likeness (QED) is 0.915. The fraction of sp³-hybridized carbons (Fsp3) is 0.467. The number of hydrogen-bond acceptors (Lipinski definition) is 3. The Kier molecular flexibility index (Phi) is 3.56. The molecule has 2 aromatic rings. The highest BCUT2D eigenvalue weighted by Gasteiger charge is 2.21. The Balaban J connectivity index is 1.79. The van der Waals surface area contributed by atoms with E-state index in [-0.39, 0.29) is 0 Å². The third-order valence-corrected chi connectivity index (χ3v) is 4.28. The zero-order chi connectivity index (χ0) is 13.2. The van der Waals surface area contributed by atoms with Gasteiger partial charge in [0.2, 0.25) is 0 Å². The summed E-state index contributed by atoms with van der Waals surface area (Å²) < 4.78 is 0. The van der Waals surface area contributed by atoms with Crippen LogP contribution in [-0.2, 0) is 0 Å². The smallest absolute Gasteiger partial charge is 0.159 e. The van der Waals surface area contributed by atoms with Gasteiger partial charge in [-0.2, -0.15) is 0 Å². The molecule has 1 N–H and O–H groups in total. The molecule has 1 aliphatic carbocycles.